The van der Waals surface area contributed by atoms with Crippen LogP contribution in [0.3, 0.4) is 0 Å². The molecule has 2 aromatic rings. The number of rotatable bonds is 11. The summed E-state index contributed by atoms with van der Waals surface area (Å²) in [6.45, 7) is 5.35. The number of benzene rings is 1. The monoisotopic (exact) mass is 391 g/mol. The minimum Gasteiger partial charge on any atom is -0.385 e. The molecule has 0 spiro atoms. The molecule has 27 heavy (non-hydrogen) atoms. The Morgan fingerprint density at radius 2 is 2.04 bits per heavy atom. The Labute approximate surface area is 167 Å². The summed E-state index contributed by atoms with van der Waals surface area (Å²) < 4.78 is 7.29. The van der Waals surface area contributed by atoms with Gasteiger partial charge in [0.25, 0.3) is 0 Å². The third-order valence-corrected chi connectivity index (χ3v) is 4.81. The van der Waals surface area contributed by atoms with Gasteiger partial charge in [-0.3, -0.25) is 0 Å². The molecule has 148 valence electrons. The van der Waals surface area contributed by atoms with Crippen LogP contribution < -0.4 is 5.32 Å². The molecule has 0 aliphatic carbocycles. The van der Waals surface area contributed by atoms with Crippen LogP contribution in [0.25, 0.3) is 0 Å². The smallest absolute Gasteiger partial charge is 0.317 e. The summed E-state index contributed by atoms with van der Waals surface area (Å²) in [5.74, 6) is 0. The Morgan fingerprint density at radius 1 is 1.22 bits per heavy atom. The molecule has 1 N–H and O–H groups in total. The highest BCUT2D eigenvalue weighted by molar-refractivity contribution is 6.31. The average molecular weight is 392 g/mol. The van der Waals surface area contributed by atoms with Gasteiger partial charge in [0.2, 0.25) is 0 Å². The van der Waals surface area contributed by atoms with E-state index in [-0.39, 0.29) is 6.03 Å². The van der Waals surface area contributed by atoms with E-state index >= 15 is 0 Å². The van der Waals surface area contributed by atoms with Crippen LogP contribution in [-0.4, -0.2) is 42.3 Å². The first-order valence-corrected chi connectivity index (χ1v) is 9.92. The maximum atomic E-state index is 12.6. The van der Waals surface area contributed by atoms with E-state index in [9.17, 15) is 4.79 Å². The van der Waals surface area contributed by atoms with Gasteiger partial charge in [0.05, 0.1) is 6.54 Å². The van der Waals surface area contributed by atoms with Crippen LogP contribution in [0.5, 0.6) is 0 Å². The maximum Gasteiger partial charge on any atom is 0.317 e. The van der Waals surface area contributed by atoms with Crippen LogP contribution >= 0.6 is 11.6 Å². The lowest BCUT2D eigenvalue weighted by Crippen LogP contribution is -2.41. The number of methoxy groups -OCH3 is 1. The van der Waals surface area contributed by atoms with Crippen molar-refractivity contribution >= 4 is 17.6 Å². The molecule has 6 heteroatoms. The summed E-state index contributed by atoms with van der Waals surface area (Å²) in [6.07, 6.45) is 4.88. The van der Waals surface area contributed by atoms with E-state index in [1.807, 2.05) is 41.4 Å². The summed E-state index contributed by atoms with van der Waals surface area (Å²) >= 11 is 6.30. The first-order chi connectivity index (χ1) is 13.2. The van der Waals surface area contributed by atoms with Crippen molar-refractivity contribution in [2.24, 2.45) is 0 Å². The van der Waals surface area contributed by atoms with Crippen molar-refractivity contribution in [3.63, 3.8) is 0 Å². The molecular weight excluding hydrogens is 362 g/mol. The summed E-state index contributed by atoms with van der Waals surface area (Å²) in [7, 11) is 1.68. The molecule has 0 bridgehead atoms. The fourth-order valence-corrected chi connectivity index (χ4v) is 3.08. The predicted molar refractivity (Wildman–Crippen MR) is 110 cm³/mol. The first kappa shape index (κ1) is 21.3. The highest BCUT2D eigenvalue weighted by Crippen LogP contribution is 2.18. The van der Waals surface area contributed by atoms with Gasteiger partial charge in [-0.2, -0.15) is 0 Å². The van der Waals surface area contributed by atoms with Gasteiger partial charge >= 0.3 is 6.03 Å². The zero-order valence-corrected chi connectivity index (χ0v) is 17.0. The van der Waals surface area contributed by atoms with E-state index in [1.165, 1.54) is 0 Å². The SMILES string of the molecule is CCCCNC(=O)N(CCCOC)Cc1cccn1Cc1ccccc1Cl. The quantitative estimate of drug-likeness (QED) is 0.571. The number of halogens is 1. The molecule has 1 heterocycles. The molecule has 0 fully saturated rings. The van der Waals surface area contributed by atoms with Gasteiger partial charge in [0, 0.05) is 50.3 Å². The second-order valence-electron chi connectivity index (χ2n) is 6.57. The number of aromatic nitrogens is 1. The number of nitrogens with one attached hydrogen (secondary N) is 1. The summed E-state index contributed by atoms with van der Waals surface area (Å²) in [5, 5.41) is 3.77. The Hall–Kier alpha value is -1.98. The van der Waals surface area contributed by atoms with Crippen LogP contribution in [0, 0.1) is 0 Å². The summed E-state index contributed by atoms with van der Waals surface area (Å²) in [4.78, 5) is 14.5. The van der Waals surface area contributed by atoms with E-state index in [4.69, 9.17) is 16.3 Å². The zero-order chi connectivity index (χ0) is 19.5. The molecule has 0 saturated carbocycles. The van der Waals surface area contributed by atoms with Gasteiger partial charge in [-0.15, -0.1) is 0 Å². The Bertz CT molecular complexity index is 702. The van der Waals surface area contributed by atoms with E-state index in [0.29, 0.717) is 32.8 Å². The molecule has 2 rings (SSSR count). The van der Waals surface area contributed by atoms with Gasteiger partial charge < -0.3 is 19.5 Å². The number of amides is 2. The lowest BCUT2D eigenvalue weighted by molar-refractivity contribution is 0.165. The highest BCUT2D eigenvalue weighted by Gasteiger charge is 2.15. The van der Waals surface area contributed by atoms with Gasteiger partial charge in [0.15, 0.2) is 0 Å². The highest BCUT2D eigenvalue weighted by atomic mass is 35.5. The van der Waals surface area contributed by atoms with Crippen molar-refractivity contribution in [2.45, 2.75) is 39.3 Å². The number of nitrogens with zero attached hydrogens (tertiary/aromatic N) is 2. The fourth-order valence-electron chi connectivity index (χ4n) is 2.89. The largest absolute Gasteiger partial charge is 0.385 e. The van der Waals surface area contributed by atoms with E-state index in [2.05, 4.69) is 22.9 Å². The Kier molecular flexibility index (Phi) is 9.22. The van der Waals surface area contributed by atoms with Gasteiger partial charge in [0.1, 0.15) is 0 Å². The van der Waals surface area contributed by atoms with Gasteiger partial charge in [-0.25, -0.2) is 4.79 Å². The molecule has 0 atom stereocenters. The van der Waals surface area contributed by atoms with Gasteiger partial charge in [-0.1, -0.05) is 43.1 Å². The lowest BCUT2D eigenvalue weighted by Gasteiger charge is -2.24. The molecule has 0 unspecified atom stereocenters. The second kappa shape index (κ2) is 11.7. The van der Waals surface area contributed by atoms with Crippen LogP contribution in [0.1, 0.15) is 37.4 Å². The first-order valence-electron chi connectivity index (χ1n) is 9.54. The normalized spacial score (nSPS) is 10.8. The topological polar surface area (TPSA) is 46.5 Å². The standard InChI is InChI=1S/C21H30ClN3O2/c1-3-4-12-23-21(26)25(14-8-15-27-2)17-19-10-7-13-24(19)16-18-9-5-6-11-20(18)22/h5-7,9-11,13H,3-4,8,12,14-17H2,1-2H3,(H,23,26). The van der Waals surface area contributed by atoms with Crippen molar-refractivity contribution in [3.8, 4) is 0 Å². The average Bonchev–Trinajstić information content (AvgIpc) is 3.10. The minimum atomic E-state index is -0.0231. The van der Waals surface area contributed by atoms with Crippen molar-refractivity contribution in [1.82, 2.24) is 14.8 Å². The third-order valence-electron chi connectivity index (χ3n) is 4.45. The third kappa shape index (κ3) is 6.92. The molecule has 2 amide bonds. The molecule has 1 aromatic carbocycles. The van der Waals surface area contributed by atoms with Gasteiger partial charge in [-0.05, 0) is 36.6 Å². The molecule has 0 saturated heterocycles. The van der Waals surface area contributed by atoms with Crippen molar-refractivity contribution in [1.29, 1.82) is 0 Å². The second-order valence-corrected chi connectivity index (χ2v) is 6.98. The number of carbonyl (C=O) groups is 1. The number of carbonyl (C=O) groups excluding carboxylic acids is 1. The molecule has 0 aliphatic heterocycles. The predicted octanol–water partition coefficient (Wildman–Crippen LogP) is 4.54. The number of unbranched alkanes of at least 4 members (excludes halogenated alkanes) is 1. The molecule has 1 aromatic heterocycles. The molecule has 0 radical (unpaired) electrons. The summed E-state index contributed by atoms with van der Waals surface area (Å²) in [6, 6.07) is 11.9. The van der Waals surface area contributed by atoms with Crippen LogP contribution in [0.4, 0.5) is 4.79 Å². The number of ether oxygens (including phenoxy) is 1. The maximum absolute atomic E-state index is 12.6. The Morgan fingerprint density at radius 3 is 2.78 bits per heavy atom. The minimum absolute atomic E-state index is 0.0231. The number of hydrogen-bond acceptors (Lipinski definition) is 2. The number of urea groups is 1. The van der Waals surface area contributed by atoms with Crippen LogP contribution in [0.15, 0.2) is 42.6 Å². The van der Waals surface area contributed by atoms with Crippen LogP contribution in [-0.2, 0) is 17.8 Å². The van der Waals surface area contributed by atoms with E-state index in [1.54, 1.807) is 7.11 Å². The van der Waals surface area contributed by atoms with Crippen molar-refractivity contribution in [2.75, 3.05) is 26.8 Å². The number of hydrogen-bond donors (Lipinski definition) is 1. The fraction of sp³-hybridized carbons (Fsp3) is 0.476. The summed E-state index contributed by atoms with van der Waals surface area (Å²) in [5.41, 5.74) is 2.15. The van der Waals surface area contributed by atoms with E-state index in [0.717, 1.165) is 35.5 Å². The van der Waals surface area contributed by atoms with Crippen molar-refractivity contribution < 1.29 is 9.53 Å². The molecule has 0 aliphatic rings. The molecule has 5 nitrogen and oxygen atoms in total. The van der Waals surface area contributed by atoms with Crippen LogP contribution in [0.2, 0.25) is 5.02 Å². The molecular formula is C21H30ClN3O2. The Balaban J connectivity index is 2.06. The van der Waals surface area contributed by atoms with E-state index < -0.39 is 0 Å². The van der Waals surface area contributed by atoms with Crippen molar-refractivity contribution in [3.05, 3.63) is 58.9 Å². The zero-order valence-electron chi connectivity index (χ0n) is 16.3. The lowest BCUT2D eigenvalue weighted by atomic mass is 10.2.